The number of carbonyl (C=O) groups excluding carboxylic acids is 1. The van der Waals surface area contributed by atoms with E-state index < -0.39 is 51.2 Å². The second-order valence-corrected chi connectivity index (χ2v) is 8.37. The van der Waals surface area contributed by atoms with Crippen molar-refractivity contribution in [2.24, 2.45) is 0 Å². The summed E-state index contributed by atoms with van der Waals surface area (Å²) >= 11 is 11.5. The molecule has 3 rings (SSSR count). The summed E-state index contributed by atoms with van der Waals surface area (Å²) in [7, 11) is 0. The fourth-order valence-corrected chi connectivity index (χ4v) is 3.65. The van der Waals surface area contributed by atoms with Crippen LogP contribution in [0.5, 0.6) is 0 Å². The maximum absolute atomic E-state index is 14.7. The SMILES string of the molecule is Cc1c(F)c(Cl)c(F)c(C(=O)N(CCc2ccc(Cl)cc2)Cc2ccc(C(F)(F)F)cc2)c1F. The molecule has 0 spiro atoms. The average Bonchev–Trinajstić information content (AvgIpc) is 2.80. The molecule has 0 atom stereocenters. The molecule has 0 aliphatic heterocycles. The molecule has 0 N–H and O–H groups in total. The molecule has 3 aromatic carbocycles. The molecule has 3 aromatic rings. The summed E-state index contributed by atoms with van der Waals surface area (Å²) < 4.78 is 81.9. The van der Waals surface area contributed by atoms with Crippen LogP contribution in [0.25, 0.3) is 0 Å². The Hall–Kier alpha value is -2.71. The number of amides is 1. The van der Waals surface area contributed by atoms with Gasteiger partial charge in [-0.2, -0.15) is 13.2 Å². The largest absolute Gasteiger partial charge is 0.416 e. The quantitative estimate of drug-likeness (QED) is 0.186. The highest BCUT2D eigenvalue weighted by Gasteiger charge is 2.31. The first-order valence-electron chi connectivity index (χ1n) is 9.92. The number of hydrogen-bond acceptors (Lipinski definition) is 1. The third kappa shape index (κ3) is 5.67. The van der Waals surface area contributed by atoms with E-state index in [0.29, 0.717) is 10.6 Å². The summed E-state index contributed by atoms with van der Waals surface area (Å²) in [4.78, 5) is 14.2. The number of carbonyl (C=O) groups is 1. The zero-order valence-corrected chi connectivity index (χ0v) is 19.1. The second-order valence-electron chi connectivity index (χ2n) is 7.55. The molecule has 34 heavy (non-hydrogen) atoms. The number of hydrogen-bond donors (Lipinski definition) is 0. The molecule has 1 amide bonds. The highest BCUT2D eigenvalue weighted by atomic mass is 35.5. The first-order valence-corrected chi connectivity index (χ1v) is 10.7. The standard InChI is InChI=1S/C24H17Cl2F6NO/c1-13-20(27)18(22(29)19(26)21(13)28)23(34)33(11-10-14-4-8-17(25)9-5-14)12-15-2-6-16(7-3-15)24(30,31)32/h2-9H,10-12H2,1H3. The summed E-state index contributed by atoms with van der Waals surface area (Å²) in [6, 6.07) is 10.7. The van der Waals surface area contributed by atoms with Crippen LogP contribution in [-0.4, -0.2) is 17.4 Å². The van der Waals surface area contributed by atoms with E-state index in [2.05, 4.69) is 0 Å². The van der Waals surface area contributed by atoms with Gasteiger partial charge in [0.15, 0.2) is 11.6 Å². The topological polar surface area (TPSA) is 20.3 Å². The van der Waals surface area contributed by atoms with Gasteiger partial charge in [0.1, 0.15) is 16.4 Å². The highest BCUT2D eigenvalue weighted by molar-refractivity contribution is 6.31. The fraction of sp³-hybridized carbons (Fsp3) is 0.208. The lowest BCUT2D eigenvalue weighted by Gasteiger charge is -2.24. The van der Waals surface area contributed by atoms with E-state index in [4.69, 9.17) is 23.2 Å². The fourth-order valence-electron chi connectivity index (χ4n) is 3.28. The molecule has 0 aliphatic rings. The van der Waals surface area contributed by atoms with Gasteiger partial charge >= 0.3 is 6.18 Å². The Bertz CT molecular complexity index is 1170. The smallest absolute Gasteiger partial charge is 0.334 e. The zero-order chi connectivity index (χ0) is 25.2. The third-order valence-electron chi connectivity index (χ3n) is 5.22. The summed E-state index contributed by atoms with van der Waals surface area (Å²) in [6.07, 6.45) is -4.29. The molecule has 0 aromatic heterocycles. The van der Waals surface area contributed by atoms with Gasteiger partial charge in [-0.3, -0.25) is 4.79 Å². The van der Waals surface area contributed by atoms with Gasteiger partial charge < -0.3 is 4.90 Å². The van der Waals surface area contributed by atoms with Crippen molar-refractivity contribution in [3.05, 3.63) is 104 Å². The summed E-state index contributed by atoms with van der Waals surface area (Å²) in [5.41, 5.74) is -1.49. The monoisotopic (exact) mass is 519 g/mol. The van der Waals surface area contributed by atoms with Gasteiger partial charge in [0.2, 0.25) is 0 Å². The van der Waals surface area contributed by atoms with Crippen molar-refractivity contribution >= 4 is 29.1 Å². The third-order valence-corrected chi connectivity index (χ3v) is 5.81. The van der Waals surface area contributed by atoms with Gasteiger partial charge in [-0.25, -0.2) is 13.2 Å². The van der Waals surface area contributed by atoms with Gasteiger partial charge in [-0.1, -0.05) is 47.5 Å². The first-order chi connectivity index (χ1) is 15.9. The molecular weight excluding hydrogens is 503 g/mol. The van der Waals surface area contributed by atoms with Crippen molar-refractivity contribution in [2.75, 3.05) is 6.54 Å². The predicted molar refractivity (Wildman–Crippen MR) is 117 cm³/mol. The predicted octanol–water partition coefficient (Wildman–Crippen LogP) is 7.62. The molecule has 2 nitrogen and oxygen atoms in total. The molecule has 0 bridgehead atoms. The summed E-state index contributed by atoms with van der Waals surface area (Å²) in [5, 5.41) is -0.531. The minimum Gasteiger partial charge on any atom is -0.334 e. The Morgan fingerprint density at radius 1 is 0.853 bits per heavy atom. The lowest BCUT2D eigenvalue weighted by Crippen LogP contribution is -2.34. The van der Waals surface area contributed by atoms with E-state index >= 15 is 0 Å². The van der Waals surface area contributed by atoms with Crippen LogP contribution in [0.4, 0.5) is 26.3 Å². The van der Waals surface area contributed by atoms with E-state index in [1.807, 2.05) is 0 Å². The Morgan fingerprint density at radius 3 is 1.97 bits per heavy atom. The van der Waals surface area contributed by atoms with Gasteiger partial charge in [0.05, 0.1) is 5.56 Å². The molecule has 0 aliphatic carbocycles. The van der Waals surface area contributed by atoms with Crippen molar-refractivity contribution < 1.29 is 31.1 Å². The lowest BCUT2D eigenvalue weighted by molar-refractivity contribution is -0.137. The molecular formula is C24H17Cl2F6NO. The maximum Gasteiger partial charge on any atom is 0.416 e. The van der Waals surface area contributed by atoms with E-state index in [9.17, 15) is 31.1 Å². The van der Waals surface area contributed by atoms with Gasteiger partial charge in [0, 0.05) is 23.7 Å². The Labute approximate surface area is 201 Å². The van der Waals surface area contributed by atoms with E-state index in [1.165, 1.54) is 12.1 Å². The van der Waals surface area contributed by atoms with Crippen LogP contribution in [0, 0.1) is 24.4 Å². The summed E-state index contributed by atoms with van der Waals surface area (Å²) in [5.74, 6) is -5.37. The van der Waals surface area contributed by atoms with Crippen molar-refractivity contribution in [1.82, 2.24) is 4.90 Å². The number of halogens is 8. The minimum absolute atomic E-state index is 0.0472. The van der Waals surface area contributed by atoms with Crippen molar-refractivity contribution in [1.29, 1.82) is 0 Å². The normalized spacial score (nSPS) is 11.6. The van der Waals surface area contributed by atoms with E-state index in [1.54, 1.807) is 24.3 Å². The second kappa shape index (κ2) is 10.3. The lowest BCUT2D eigenvalue weighted by atomic mass is 10.1. The molecule has 180 valence electrons. The number of nitrogens with zero attached hydrogens (tertiary/aromatic N) is 1. The Morgan fingerprint density at radius 2 is 1.41 bits per heavy atom. The van der Waals surface area contributed by atoms with Gasteiger partial charge in [-0.15, -0.1) is 0 Å². The van der Waals surface area contributed by atoms with Crippen LogP contribution in [0.1, 0.15) is 32.6 Å². The van der Waals surface area contributed by atoms with Crippen molar-refractivity contribution in [2.45, 2.75) is 26.1 Å². The van der Waals surface area contributed by atoms with Crippen molar-refractivity contribution in [3.63, 3.8) is 0 Å². The van der Waals surface area contributed by atoms with Crippen LogP contribution < -0.4 is 0 Å². The molecule has 0 fully saturated rings. The first kappa shape index (κ1) is 25.9. The molecule has 0 radical (unpaired) electrons. The molecule has 10 heteroatoms. The van der Waals surface area contributed by atoms with Crippen molar-refractivity contribution in [3.8, 4) is 0 Å². The van der Waals surface area contributed by atoms with Crippen LogP contribution in [0.15, 0.2) is 48.5 Å². The number of benzene rings is 3. The van der Waals surface area contributed by atoms with Crippen LogP contribution in [0.3, 0.4) is 0 Å². The Balaban J connectivity index is 1.96. The molecule has 0 heterocycles. The van der Waals surface area contributed by atoms with Crippen LogP contribution in [-0.2, 0) is 19.1 Å². The minimum atomic E-state index is -4.54. The number of rotatable bonds is 6. The van der Waals surface area contributed by atoms with Crippen LogP contribution in [0.2, 0.25) is 10.0 Å². The molecule has 0 saturated heterocycles. The van der Waals surface area contributed by atoms with Gasteiger partial charge in [0.25, 0.3) is 5.91 Å². The molecule has 0 unspecified atom stereocenters. The van der Waals surface area contributed by atoms with E-state index in [-0.39, 0.29) is 19.5 Å². The number of alkyl halides is 3. The maximum atomic E-state index is 14.7. The van der Waals surface area contributed by atoms with E-state index in [0.717, 1.165) is 29.5 Å². The van der Waals surface area contributed by atoms with Crippen LogP contribution >= 0.6 is 23.2 Å². The summed E-state index contributed by atoms with van der Waals surface area (Å²) in [6.45, 7) is 0.715. The molecule has 0 saturated carbocycles. The Kier molecular flexibility index (Phi) is 7.83. The zero-order valence-electron chi connectivity index (χ0n) is 17.6. The van der Waals surface area contributed by atoms with Gasteiger partial charge in [-0.05, 0) is 48.7 Å². The highest BCUT2D eigenvalue weighted by Crippen LogP contribution is 2.31. The average molecular weight is 520 g/mol.